The predicted molar refractivity (Wildman–Crippen MR) is 86.9 cm³/mol. The molecule has 1 aromatic carbocycles. The van der Waals surface area contributed by atoms with Crippen LogP contribution in [0.1, 0.15) is 32.1 Å². The molecule has 23 heavy (non-hydrogen) atoms. The summed E-state index contributed by atoms with van der Waals surface area (Å²) in [5.74, 6) is 0.181. The fourth-order valence-corrected chi connectivity index (χ4v) is 3.08. The lowest BCUT2D eigenvalue weighted by Gasteiger charge is -2.27. The van der Waals surface area contributed by atoms with Gasteiger partial charge in [0.1, 0.15) is 11.4 Å². The SMILES string of the molecule is COc1ccc(NC(=O)C[NH+](C)C2CCCCC2)c([N+](=O)[O-])c1. The number of anilines is 1. The van der Waals surface area contributed by atoms with E-state index in [-0.39, 0.29) is 17.3 Å². The number of benzene rings is 1. The number of nitrogens with zero attached hydrogens (tertiary/aromatic N) is 1. The zero-order valence-electron chi connectivity index (χ0n) is 13.6. The first-order chi connectivity index (χ1) is 11.0. The highest BCUT2D eigenvalue weighted by Crippen LogP contribution is 2.28. The fourth-order valence-electron chi connectivity index (χ4n) is 3.08. The Hall–Kier alpha value is -2.15. The molecular formula is C16H24N3O4+. The van der Waals surface area contributed by atoms with Gasteiger partial charge in [-0.15, -0.1) is 0 Å². The second-order valence-corrected chi connectivity index (χ2v) is 6.05. The number of nitrogens with one attached hydrogen (secondary N) is 2. The van der Waals surface area contributed by atoms with Crippen molar-refractivity contribution in [3.63, 3.8) is 0 Å². The van der Waals surface area contributed by atoms with Crippen molar-refractivity contribution in [3.8, 4) is 5.75 Å². The molecule has 0 radical (unpaired) electrons. The summed E-state index contributed by atoms with van der Waals surface area (Å²) in [5.41, 5.74) is 0.0465. The summed E-state index contributed by atoms with van der Waals surface area (Å²) in [6.45, 7) is 0.313. The van der Waals surface area contributed by atoms with Crippen LogP contribution in [-0.4, -0.2) is 37.6 Å². The molecular weight excluding hydrogens is 298 g/mol. The molecule has 0 aromatic heterocycles. The molecule has 0 saturated heterocycles. The van der Waals surface area contributed by atoms with Gasteiger partial charge in [0.25, 0.3) is 11.6 Å². The molecule has 7 nitrogen and oxygen atoms in total. The molecule has 1 unspecified atom stereocenters. The van der Waals surface area contributed by atoms with Crippen molar-refractivity contribution < 1.29 is 19.4 Å². The van der Waals surface area contributed by atoms with Crippen LogP contribution in [0.3, 0.4) is 0 Å². The predicted octanol–water partition coefficient (Wildman–Crippen LogP) is 1.39. The smallest absolute Gasteiger partial charge is 0.296 e. The molecule has 1 aliphatic rings. The van der Waals surface area contributed by atoms with E-state index in [0.29, 0.717) is 18.3 Å². The second-order valence-electron chi connectivity index (χ2n) is 6.05. The maximum atomic E-state index is 12.2. The van der Waals surface area contributed by atoms with Crippen LogP contribution in [0, 0.1) is 10.1 Å². The number of nitro groups is 1. The largest absolute Gasteiger partial charge is 0.496 e. The number of ether oxygens (including phenoxy) is 1. The summed E-state index contributed by atoms with van der Waals surface area (Å²) in [5, 5.41) is 13.8. The number of quaternary nitrogens is 1. The number of likely N-dealkylation sites (N-methyl/N-ethyl adjacent to an activating group) is 1. The van der Waals surface area contributed by atoms with E-state index in [9.17, 15) is 14.9 Å². The molecule has 1 aromatic rings. The van der Waals surface area contributed by atoms with Crippen LogP contribution >= 0.6 is 0 Å². The van der Waals surface area contributed by atoms with Gasteiger partial charge in [-0.2, -0.15) is 0 Å². The van der Waals surface area contributed by atoms with Gasteiger partial charge in [-0.3, -0.25) is 14.9 Å². The van der Waals surface area contributed by atoms with Gasteiger partial charge in [-0.25, -0.2) is 0 Å². The zero-order valence-corrected chi connectivity index (χ0v) is 13.6. The lowest BCUT2D eigenvalue weighted by atomic mass is 9.94. The zero-order chi connectivity index (χ0) is 16.8. The van der Waals surface area contributed by atoms with Gasteiger partial charge >= 0.3 is 0 Å². The second kappa shape index (κ2) is 7.92. The van der Waals surface area contributed by atoms with Gasteiger partial charge in [-0.1, -0.05) is 6.42 Å². The van der Waals surface area contributed by atoms with E-state index in [4.69, 9.17) is 4.74 Å². The Labute approximate surface area is 135 Å². The summed E-state index contributed by atoms with van der Waals surface area (Å²) in [6, 6.07) is 4.92. The number of hydrogen-bond donors (Lipinski definition) is 2. The maximum Gasteiger partial charge on any atom is 0.296 e. The monoisotopic (exact) mass is 322 g/mol. The minimum atomic E-state index is -0.518. The van der Waals surface area contributed by atoms with Crippen molar-refractivity contribution in [1.29, 1.82) is 0 Å². The first kappa shape index (κ1) is 17.2. The summed E-state index contributed by atoms with van der Waals surface area (Å²) < 4.78 is 4.99. The van der Waals surface area contributed by atoms with E-state index in [1.54, 1.807) is 6.07 Å². The molecule has 0 aliphatic heterocycles. The van der Waals surface area contributed by atoms with Gasteiger partial charge in [-0.05, 0) is 37.8 Å². The van der Waals surface area contributed by atoms with Crippen LogP contribution in [0.4, 0.5) is 11.4 Å². The van der Waals surface area contributed by atoms with Gasteiger partial charge in [0, 0.05) is 0 Å². The highest BCUT2D eigenvalue weighted by atomic mass is 16.6. The van der Waals surface area contributed by atoms with Crippen molar-refractivity contribution >= 4 is 17.3 Å². The Balaban J connectivity index is 2.00. The number of carbonyl (C=O) groups is 1. The Morgan fingerprint density at radius 3 is 2.70 bits per heavy atom. The topological polar surface area (TPSA) is 85.9 Å². The van der Waals surface area contributed by atoms with E-state index in [2.05, 4.69) is 5.32 Å². The van der Waals surface area contributed by atoms with Gasteiger partial charge in [0.05, 0.1) is 31.2 Å². The van der Waals surface area contributed by atoms with Gasteiger partial charge in [0.15, 0.2) is 6.54 Å². The van der Waals surface area contributed by atoms with Gasteiger partial charge in [0.2, 0.25) is 0 Å². The van der Waals surface area contributed by atoms with Crippen molar-refractivity contribution in [2.45, 2.75) is 38.1 Å². The molecule has 0 spiro atoms. The number of methoxy groups -OCH3 is 1. The lowest BCUT2D eigenvalue weighted by molar-refractivity contribution is -0.899. The third kappa shape index (κ3) is 4.66. The minimum Gasteiger partial charge on any atom is -0.496 e. The van der Waals surface area contributed by atoms with Crippen molar-refractivity contribution in [2.75, 3.05) is 26.0 Å². The normalized spacial score (nSPS) is 16.6. The summed E-state index contributed by atoms with van der Waals surface area (Å²) in [4.78, 5) is 24.0. The Bertz CT molecular complexity index is 570. The summed E-state index contributed by atoms with van der Waals surface area (Å²) >= 11 is 0. The fraction of sp³-hybridized carbons (Fsp3) is 0.562. The standard InChI is InChI=1S/C16H23N3O4/c1-18(12-6-4-3-5-7-12)11-16(20)17-14-9-8-13(23-2)10-15(14)19(21)22/h8-10,12H,3-7,11H2,1-2H3,(H,17,20)/p+1. The van der Waals surface area contributed by atoms with E-state index < -0.39 is 4.92 Å². The number of carbonyl (C=O) groups excluding carboxylic acids is 1. The molecule has 1 fully saturated rings. The molecule has 2 N–H and O–H groups in total. The average molecular weight is 322 g/mol. The maximum absolute atomic E-state index is 12.2. The molecule has 126 valence electrons. The number of nitro benzene ring substituents is 1. The lowest BCUT2D eigenvalue weighted by Crippen LogP contribution is -3.14. The Morgan fingerprint density at radius 1 is 1.39 bits per heavy atom. The molecule has 0 bridgehead atoms. The van der Waals surface area contributed by atoms with Crippen molar-refractivity contribution in [2.24, 2.45) is 0 Å². The highest BCUT2D eigenvalue weighted by Gasteiger charge is 2.24. The van der Waals surface area contributed by atoms with Crippen LogP contribution < -0.4 is 15.0 Å². The Kier molecular flexibility index (Phi) is 5.92. The minimum absolute atomic E-state index is 0.159. The number of rotatable bonds is 6. The van der Waals surface area contributed by atoms with Crippen LogP contribution in [0.2, 0.25) is 0 Å². The molecule has 1 aliphatic carbocycles. The molecule has 0 heterocycles. The van der Waals surface area contributed by atoms with Crippen molar-refractivity contribution in [1.82, 2.24) is 0 Å². The highest BCUT2D eigenvalue weighted by molar-refractivity contribution is 5.93. The quantitative estimate of drug-likeness (QED) is 0.612. The molecule has 1 saturated carbocycles. The average Bonchev–Trinajstić information content (AvgIpc) is 2.55. The van der Waals surface area contributed by atoms with E-state index >= 15 is 0 Å². The third-order valence-corrected chi connectivity index (χ3v) is 4.42. The van der Waals surface area contributed by atoms with Crippen LogP contribution in [-0.2, 0) is 4.79 Å². The van der Waals surface area contributed by atoms with Crippen LogP contribution in [0.5, 0.6) is 5.75 Å². The van der Waals surface area contributed by atoms with Crippen LogP contribution in [0.15, 0.2) is 18.2 Å². The molecule has 1 amide bonds. The first-order valence-electron chi connectivity index (χ1n) is 7.96. The molecule has 1 atom stereocenters. The van der Waals surface area contributed by atoms with E-state index in [1.165, 1.54) is 43.4 Å². The molecule has 7 heteroatoms. The van der Waals surface area contributed by atoms with Gasteiger partial charge < -0.3 is 15.0 Å². The molecule has 2 rings (SSSR count). The van der Waals surface area contributed by atoms with Crippen LogP contribution in [0.25, 0.3) is 0 Å². The first-order valence-corrected chi connectivity index (χ1v) is 7.96. The number of hydrogen-bond acceptors (Lipinski definition) is 4. The summed E-state index contributed by atoms with van der Waals surface area (Å²) in [7, 11) is 3.46. The number of amides is 1. The van der Waals surface area contributed by atoms with Crippen molar-refractivity contribution in [3.05, 3.63) is 28.3 Å². The Morgan fingerprint density at radius 2 is 2.09 bits per heavy atom. The summed E-state index contributed by atoms with van der Waals surface area (Å²) in [6.07, 6.45) is 5.98. The third-order valence-electron chi connectivity index (χ3n) is 4.42. The van der Waals surface area contributed by atoms with E-state index in [1.807, 2.05) is 7.05 Å². The van der Waals surface area contributed by atoms with E-state index in [0.717, 1.165) is 12.8 Å².